The monoisotopic (exact) mass is 488 g/mol. The number of nitrogens with two attached hydrogens (primary N) is 1. The van der Waals surface area contributed by atoms with Crippen LogP contribution in [0.5, 0.6) is 5.75 Å². The molecule has 37 heavy (non-hydrogen) atoms. The molecule has 0 aliphatic carbocycles. The zero-order chi connectivity index (χ0) is 25.7. The lowest BCUT2D eigenvalue weighted by molar-refractivity contribution is 0.320. The third-order valence-electron chi connectivity index (χ3n) is 7.21. The molecule has 0 spiro atoms. The normalized spacial score (nSPS) is 16.7. The van der Waals surface area contributed by atoms with Gasteiger partial charge in [0.05, 0.1) is 17.7 Å². The zero-order valence-electron chi connectivity index (χ0n) is 20.5. The summed E-state index contributed by atoms with van der Waals surface area (Å²) in [5.41, 5.74) is 11.5. The van der Waals surface area contributed by atoms with E-state index < -0.39 is 5.54 Å². The van der Waals surface area contributed by atoms with E-state index in [9.17, 15) is 10.1 Å². The molecule has 6 rings (SSSR count). The highest BCUT2D eigenvalue weighted by Crippen LogP contribution is 2.38. The Labute approximate surface area is 213 Å². The minimum atomic E-state index is -1.22. The van der Waals surface area contributed by atoms with E-state index in [-0.39, 0.29) is 5.56 Å². The summed E-state index contributed by atoms with van der Waals surface area (Å²) in [7, 11) is 3.61. The van der Waals surface area contributed by atoms with E-state index in [4.69, 9.17) is 10.5 Å². The standard InChI is InChI=1S/C29H24N6O2/c1-34-17-32-33-28(34)29(31)21-8-9-25-24(13-21)23(15-27(36)35(25)2)19-5-3-4-18(12-19)10-11-37-26-14-22(29)7-6-20(26)16-30/h3-9,12-15,17H,10-11,31H2,1-2H3/t29-/m0/s1. The number of ether oxygens (including phenoxy) is 1. The maximum Gasteiger partial charge on any atom is 0.251 e. The fraction of sp³-hybridized carbons (Fsp3) is 0.172. The summed E-state index contributed by atoms with van der Waals surface area (Å²) in [6.07, 6.45) is 2.24. The molecule has 0 fully saturated rings. The van der Waals surface area contributed by atoms with E-state index in [1.807, 2.05) is 55.6 Å². The van der Waals surface area contributed by atoms with Crippen LogP contribution in [0.2, 0.25) is 0 Å². The summed E-state index contributed by atoms with van der Waals surface area (Å²) in [5.74, 6) is 0.997. The summed E-state index contributed by atoms with van der Waals surface area (Å²) in [6.45, 7) is 0.375. The first-order valence-electron chi connectivity index (χ1n) is 11.9. The number of rotatable bonds is 1. The van der Waals surface area contributed by atoms with Gasteiger partial charge in [-0.25, -0.2) is 0 Å². The Balaban J connectivity index is 1.75. The van der Waals surface area contributed by atoms with Crippen LogP contribution in [0.1, 0.15) is 28.1 Å². The minimum Gasteiger partial charge on any atom is -0.492 e. The van der Waals surface area contributed by atoms with Crippen LogP contribution in [0, 0.1) is 11.3 Å². The minimum absolute atomic E-state index is 0.0888. The van der Waals surface area contributed by atoms with Gasteiger partial charge in [0.25, 0.3) is 5.56 Å². The van der Waals surface area contributed by atoms with Gasteiger partial charge >= 0.3 is 0 Å². The lowest BCUT2D eigenvalue weighted by Gasteiger charge is -2.31. The second-order valence-corrected chi connectivity index (χ2v) is 9.38. The van der Waals surface area contributed by atoms with E-state index in [2.05, 4.69) is 22.3 Å². The molecule has 182 valence electrons. The molecular weight excluding hydrogens is 464 g/mol. The van der Waals surface area contributed by atoms with Crippen molar-refractivity contribution in [2.24, 2.45) is 19.8 Å². The highest BCUT2D eigenvalue weighted by Gasteiger charge is 2.37. The van der Waals surface area contributed by atoms with E-state index in [0.717, 1.165) is 33.2 Å². The molecule has 0 radical (unpaired) electrons. The highest BCUT2D eigenvalue weighted by molar-refractivity contribution is 5.95. The number of nitriles is 1. The maximum atomic E-state index is 12.9. The van der Waals surface area contributed by atoms with Crippen LogP contribution in [0.15, 0.2) is 77.9 Å². The average Bonchev–Trinajstić information content (AvgIpc) is 3.36. The van der Waals surface area contributed by atoms with E-state index in [0.29, 0.717) is 35.7 Å². The molecule has 3 heterocycles. The van der Waals surface area contributed by atoms with Gasteiger partial charge in [-0.1, -0.05) is 36.4 Å². The number of nitrogens with zero attached hydrogens (tertiary/aromatic N) is 5. The summed E-state index contributed by atoms with van der Waals surface area (Å²) >= 11 is 0. The van der Waals surface area contributed by atoms with Crippen LogP contribution in [0.25, 0.3) is 22.0 Å². The van der Waals surface area contributed by atoms with Gasteiger partial charge < -0.3 is 19.6 Å². The van der Waals surface area contributed by atoms with Gasteiger partial charge in [0.15, 0.2) is 5.82 Å². The lowest BCUT2D eigenvalue weighted by Crippen LogP contribution is -2.41. The second kappa shape index (κ2) is 8.43. The van der Waals surface area contributed by atoms with Crippen molar-refractivity contribution in [1.29, 1.82) is 5.26 Å². The number of hydrogen-bond acceptors (Lipinski definition) is 6. The number of hydrogen-bond donors (Lipinski definition) is 1. The van der Waals surface area contributed by atoms with Crippen LogP contribution in [-0.4, -0.2) is 25.9 Å². The first-order valence-corrected chi connectivity index (χ1v) is 11.9. The van der Waals surface area contributed by atoms with E-state index in [1.54, 1.807) is 34.6 Å². The summed E-state index contributed by atoms with van der Waals surface area (Å²) in [6, 6.07) is 23.2. The Morgan fingerprint density at radius 1 is 1.05 bits per heavy atom. The Morgan fingerprint density at radius 2 is 1.86 bits per heavy atom. The Hall–Kier alpha value is -4.74. The largest absolute Gasteiger partial charge is 0.492 e. The molecule has 0 unspecified atom stereocenters. The van der Waals surface area contributed by atoms with Crippen molar-refractivity contribution >= 4 is 10.9 Å². The third kappa shape index (κ3) is 3.51. The molecule has 0 saturated heterocycles. The van der Waals surface area contributed by atoms with Gasteiger partial charge in [-0.05, 0) is 52.1 Å². The predicted molar refractivity (Wildman–Crippen MR) is 140 cm³/mol. The van der Waals surface area contributed by atoms with Crippen LogP contribution in [0.4, 0.5) is 0 Å². The van der Waals surface area contributed by atoms with Gasteiger partial charge in [-0.3, -0.25) is 4.79 Å². The summed E-state index contributed by atoms with van der Waals surface area (Å²) < 4.78 is 9.56. The van der Waals surface area contributed by atoms with Crippen LogP contribution in [0.3, 0.4) is 0 Å². The molecule has 3 aromatic carbocycles. The number of benzene rings is 3. The van der Waals surface area contributed by atoms with Crippen molar-refractivity contribution in [1.82, 2.24) is 19.3 Å². The smallest absolute Gasteiger partial charge is 0.251 e. The van der Waals surface area contributed by atoms with E-state index >= 15 is 0 Å². The van der Waals surface area contributed by atoms with Gasteiger partial charge in [0.1, 0.15) is 23.7 Å². The molecule has 8 nitrogen and oxygen atoms in total. The number of aromatic nitrogens is 4. The van der Waals surface area contributed by atoms with Crippen molar-refractivity contribution in [2.75, 3.05) is 6.61 Å². The molecule has 5 aromatic rings. The second-order valence-electron chi connectivity index (χ2n) is 9.38. The van der Waals surface area contributed by atoms with Crippen molar-refractivity contribution in [3.05, 3.63) is 111 Å². The fourth-order valence-electron chi connectivity index (χ4n) is 5.16. The van der Waals surface area contributed by atoms with Gasteiger partial charge in [-0.2, -0.15) is 5.26 Å². The van der Waals surface area contributed by atoms with Crippen molar-refractivity contribution in [3.8, 4) is 22.9 Å². The Morgan fingerprint density at radius 3 is 2.65 bits per heavy atom. The average molecular weight is 489 g/mol. The maximum absolute atomic E-state index is 12.9. The van der Waals surface area contributed by atoms with Crippen molar-refractivity contribution < 1.29 is 4.74 Å². The van der Waals surface area contributed by atoms with Crippen molar-refractivity contribution in [2.45, 2.75) is 12.0 Å². The molecule has 2 aromatic heterocycles. The fourth-order valence-corrected chi connectivity index (χ4v) is 5.16. The molecule has 1 aliphatic rings. The molecule has 8 heteroatoms. The summed E-state index contributed by atoms with van der Waals surface area (Å²) in [5, 5.41) is 19.1. The van der Waals surface area contributed by atoms with Gasteiger partial charge in [0.2, 0.25) is 0 Å². The number of aryl methyl sites for hydroxylation is 2. The first-order chi connectivity index (χ1) is 17.9. The molecule has 1 atom stereocenters. The predicted octanol–water partition coefficient (Wildman–Crippen LogP) is 3.39. The number of fused-ring (bicyclic) bond motifs is 6. The van der Waals surface area contributed by atoms with Gasteiger partial charge in [0, 0.05) is 32.0 Å². The topological polar surface area (TPSA) is 112 Å². The van der Waals surface area contributed by atoms with Crippen LogP contribution < -0.4 is 16.0 Å². The van der Waals surface area contributed by atoms with Gasteiger partial charge in [-0.15, -0.1) is 10.2 Å². The molecule has 0 amide bonds. The quantitative estimate of drug-likeness (QED) is 0.387. The SMILES string of the molecule is Cn1cnnc1[C@@]1(N)c2ccc(C#N)c(c2)OCCc2cccc(c2)-c2cc(=O)n(C)c3ccc1cc23. The third-order valence-corrected chi connectivity index (χ3v) is 7.21. The molecular formula is C29H24N6O2. The Bertz CT molecular complexity index is 1800. The van der Waals surface area contributed by atoms with Crippen LogP contribution in [-0.2, 0) is 26.1 Å². The lowest BCUT2D eigenvalue weighted by atomic mass is 9.81. The Kier molecular flexibility index (Phi) is 5.18. The highest BCUT2D eigenvalue weighted by atomic mass is 16.5. The molecule has 6 bridgehead atoms. The van der Waals surface area contributed by atoms with E-state index in [1.165, 1.54) is 0 Å². The number of pyridine rings is 1. The van der Waals surface area contributed by atoms with Crippen LogP contribution >= 0.6 is 0 Å². The first kappa shape index (κ1) is 22.7. The molecule has 2 N–H and O–H groups in total. The zero-order valence-corrected chi connectivity index (χ0v) is 20.5. The van der Waals surface area contributed by atoms with Crippen molar-refractivity contribution in [3.63, 3.8) is 0 Å². The molecule has 0 saturated carbocycles. The molecule has 1 aliphatic heterocycles. The summed E-state index contributed by atoms with van der Waals surface area (Å²) in [4.78, 5) is 12.9.